The van der Waals surface area contributed by atoms with Gasteiger partial charge in [0.05, 0.1) is 0 Å². The second-order valence-electron chi connectivity index (χ2n) is 5.52. The molecule has 2 rings (SSSR count). The Morgan fingerprint density at radius 2 is 2.21 bits per heavy atom. The minimum atomic E-state index is -0.837. The maximum Gasteiger partial charge on any atom is 0.345 e. The van der Waals surface area contributed by atoms with Crippen LogP contribution >= 0.6 is 11.3 Å². The number of thiophene rings is 1. The first-order valence-corrected chi connectivity index (χ1v) is 7.43. The van der Waals surface area contributed by atoms with Gasteiger partial charge in [0.1, 0.15) is 4.88 Å². The van der Waals surface area contributed by atoms with Crippen LogP contribution in [0.5, 0.6) is 0 Å². The summed E-state index contributed by atoms with van der Waals surface area (Å²) in [4.78, 5) is 12.4. The molecule has 0 amide bonds. The van der Waals surface area contributed by atoms with E-state index < -0.39 is 5.97 Å². The zero-order valence-electron chi connectivity index (χ0n) is 11.5. The molecule has 106 valence electrons. The summed E-state index contributed by atoms with van der Waals surface area (Å²) in [6.45, 7) is 7.65. The van der Waals surface area contributed by atoms with Crippen molar-refractivity contribution >= 4 is 17.3 Å². The number of nitrogens with one attached hydrogen (secondary N) is 1. The molecule has 0 unspecified atom stereocenters. The SMILES string of the molecule is Cc1sc(C(=O)O)cc1CNCC1(C)CCOCC1. The monoisotopic (exact) mass is 283 g/mol. The maximum atomic E-state index is 10.9. The van der Waals surface area contributed by atoms with Crippen molar-refractivity contribution in [3.63, 3.8) is 0 Å². The van der Waals surface area contributed by atoms with Crippen molar-refractivity contribution in [2.45, 2.75) is 33.2 Å². The molecule has 1 fully saturated rings. The zero-order chi connectivity index (χ0) is 13.9. The Morgan fingerprint density at radius 1 is 1.53 bits per heavy atom. The van der Waals surface area contributed by atoms with Crippen LogP contribution < -0.4 is 5.32 Å². The minimum Gasteiger partial charge on any atom is -0.477 e. The highest BCUT2D eigenvalue weighted by molar-refractivity contribution is 7.14. The summed E-state index contributed by atoms with van der Waals surface area (Å²) in [5, 5.41) is 12.4. The van der Waals surface area contributed by atoms with Crippen molar-refractivity contribution in [2.24, 2.45) is 5.41 Å². The fraction of sp³-hybridized carbons (Fsp3) is 0.643. The number of carboxylic acids is 1. The first kappa shape index (κ1) is 14.5. The largest absolute Gasteiger partial charge is 0.477 e. The van der Waals surface area contributed by atoms with E-state index in [0.717, 1.165) is 49.6 Å². The second kappa shape index (κ2) is 6.03. The summed E-state index contributed by atoms with van der Waals surface area (Å²) in [5.74, 6) is -0.837. The van der Waals surface area contributed by atoms with Gasteiger partial charge in [-0.3, -0.25) is 0 Å². The van der Waals surface area contributed by atoms with Gasteiger partial charge in [-0.25, -0.2) is 4.79 Å². The minimum absolute atomic E-state index is 0.303. The van der Waals surface area contributed by atoms with Crippen LogP contribution in [0.4, 0.5) is 0 Å². The van der Waals surface area contributed by atoms with Gasteiger partial charge in [0.15, 0.2) is 0 Å². The Labute approximate surface area is 117 Å². The molecule has 1 aromatic heterocycles. The van der Waals surface area contributed by atoms with Gasteiger partial charge in [-0.05, 0) is 36.8 Å². The summed E-state index contributed by atoms with van der Waals surface area (Å²) in [6, 6.07) is 1.78. The molecule has 19 heavy (non-hydrogen) atoms. The number of aromatic carboxylic acids is 1. The van der Waals surface area contributed by atoms with Crippen molar-refractivity contribution in [3.05, 3.63) is 21.4 Å². The van der Waals surface area contributed by atoms with Crippen LogP contribution in [-0.4, -0.2) is 30.8 Å². The molecule has 0 bridgehead atoms. The van der Waals surface area contributed by atoms with Gasteiger partial charge in [0.25, 0.3) is 0 Å². The van der Waals surface area contributed by atoms with E-state index in [1.54, 1.807) is 6.07 Å². The number of hydrogen-bond donors (Lipinski definition) is 2. The standard InChI is InChI=1S/C14H21NO3S/c1-10-11(7-12(19-10)13(16)17)8-15-9-14(2)3-5-18-6-4-14/h7,15H,3-6,8-9H2,1-2H3,(H,16,17). The first-order chi connectivity index (χ1) is 9.00. The van der Waals surface area contributed by atoms with Gasteiger partial charge < -0.3 is 15.2 Å². The van der Waals surface area contributed by atoms with Crippen molar-refractivity contribution in [3.8, 4) is 0 Å². The zero-order valence-corrected chi connectivity index (χ0v) is 12.3. The molecule has 1 saturated heterocycles. The predicted molar refractivity (Wildman–Crippen MR) is 75.9 cm³/mol. The molecule has 4 nitrogen and oxygen atoms in total. The van der Waals surface area contributed by atoms with Gasteiger partial charge in [0.2, 0.25) is 0 Å². The van der Waals surface area contributed by atoms with Crippen molar-refractivity contribution in [2.75, 3.05) is 19.8 Å². The van der Waals surface area contributed by atoms with Gasteiger partial charge in [-0.1, -0.05) is 6.92 Å². The van der Waals surface area contributed by atoms with Crippen LogP contribution in [0.3, 0.4) is 0 Å². The third kappa shape index (κ3) is 3.78. The van der Waals surface area contributed by atoms with E-state index in [-0.39, 0.29) is 0 Å². The lowest BCUT2D eigenvalue weighted by molar-refractivity contribution is 0.0240. The first-order valence-electron chi connectivity index (χ1n) is 6.61. The van der Waals surface area contributed by atoms with Gasteiger partial charge in [-0.2, -0.15) is 0 Å². The van der Waals surface area contributed by atoms with E-state index in [1.165, 1.54) is 11.3 Å². The maximum absolute atomic E-state index is 10.9. The Balaban J connectivity index is 1.87. The Bertz CT molecular complexity index is 450. The molecule has 1 aromatic rings. The summed E-state index contributed by atoms with van der Waals surface area (Å²) < 4.78 is 5.39. The number of carboxylic acid groups (broad SMARTS) is 1. The lowest BCUT2D eigenvalue weighted by Crippen LogP contribution is -2.36. The molecule has 2 N–H and O–H groups in total. The second-order valence-corrected chi connectivity index (χ2v) is 6.78. The molecule has 5 heteroatoms. The quantitative estimate of drug-likeness (QED) is 0.872. The Kier molecular flexibility index (Phi) is 4.60. The molecule has 1 aliphatic heterocycles. The van der Waals surface area contributed by atoms with E-state index >= 15 is 0 Å². The smallest absolute Gasteiger partial charge is 0.345 e. The van der Waals surface area contributed by atoms with Gasteiger partial charge in [0, 0.05) is 31.2 Å². The molecular formula is C14H21NO3S. The normalized spacial score (nSPS) is 18.4. The summed E-state index contributed by atoms with van der Waals surface area (Å²) in [5.41, 5.74) is 1.40. The van der Waals surface area contributed by atoms with E-state index in [0.29, 0.717) is 10.3 Å². The van der Waals surface area contributed by atoms with Crippen LogP contribution in [0.25, 0.3) is 0 Å². The van der Waals surface area contributed by atoms with Gasteiger partial charge >= 0.3 is 5.97 Å². The lowest BCUT2D eigenvalue weighted by atomic mass is 9.82. The molecule has 0 aromatic carbocycles. The van der Waals surface area contributed by atoms with Crippen LogP contribution in [-0.2, 0) is 11.3 Å². The highest BCUT2D eigenvalue weighted by Gasteiger charge is 2.26. The van der Waals surface area contributed by atoms with E-state index in [4.69, 9.17) is 9.84 Å². The summed E-state index contributed by atoms with van der Waals surface area (Å²) >= 11 is 1.35. The average molecular weight is 283 g/mol. The van der Waals surface area contributed by atoms with E-state index in [2.05, 4.69) is 12.2 Å². The third-order valence-electron chi connectivity index (χ3n) is 3.80. The molecule has 1 aliphatic rings. The molecule has 0 atom stereocenters. The Hall–Kier alpha value is -0.910. The molecule has 0 saturated carbocycles. The average Bonchev–Trinajstić information content (AvgIpc) is 2.72. The highest BCUT2D eigenvalue weighted by Crippen LogP contribution is 2.29. The summed E-state index contributed by atoms with van der Waals surface area (Å²) in [7, 11) is 0. The van der Waals surface area contributed by atoms with Crippen molar-refractivity contribution in [1.82, 2.24) is 5.32 Å². The number of carbonyl (C=O) groups is 1. The fourth-order valence-corrected chi connectivity index (χ4v) is 3.22. The molecule has 0 aliphatic carbocycles. The van der Waals surface area contributed by atoms with E-state index in [9.17, 15) is 4.79 Å². The van der Waals surface area contributed by atoms with Crippen LogP contribution in [0, 0.1) is 12.3 Å². The van der Waals surface area contributed by atoms with E-state index in [1.807, 2.05) is 6.92 Å². The highest BCUT2D eigenvalue weighted by atomic mass is 32.1. The predicted octanol–water partition coefficient (Wildman–Crippen LogP) is 2.66. The summed E-state index contributed by atoms with van der Waals surface area (Å²) in [6.07, 6.45) is 2.17. The molecular weight excluding hydrogens is 262 g/mol. The van der Waals surface area contributed by atoms with Crippen molar-refractivity contribution in [1.29, 1.82) is 0 Å². The number of rotatable bonds is 5. The number of aryl methyl sites for hydroxylation is 1. The number of hydrogen-bond acceptors (Lipinski definition) is 4. The molecule has 0 radical (unpaired) electrons. The molecule has 2 heterocycles. The van der Waals surface area contributed by atoms with Crippen LogP contribution in [0.1, 0.15) is 39.9 Å². The third-order valence-corrected chi connectivity index (χ3v) is 4.88. The van der Waals surface area contributed by atoms with Gasteiger partial charge in [-0.15, -0.1) is 11.3 Å². The Morgan fingerprint density at radius 3 is 2.79 bits per heavy atom. The lowest BCUT2D eigenvalue weighted by Gasteiger charge is -2.33. The van der Waals surface area contributed by atoms with Crippen molar-refractivity contribution < 1.29 is 14.6 Å². The topological polar surface area (TPSA) is 58.6 Å². The van der Waals surface area contributed by atoms with Crippen LogP contribution in [0.2, 0.25) is 0 Å². The van der Waals surface area contributed by atoms with Crippen LogP contribution in [0.15, 0.2) is 6.07 Å². The number of ether oxygens (including phenoxy) is 1. The fourth-order valence-electron chi connectivity index (χ4n) is 2.34. The molecule has 0 spiro atoms.